The van der Waals surface area contributed by atoms with E-state index in [1.807, 2.05) is 27.7 Å². The van der Waals surface area contributed by atoms with Crippen LogP contribution >= 0.6 is 22.7 Å². The third-order valence-electron chi connectivity index (χ3n) is 10.0. The summed E-state index contributed by atoms with van der Waals surface area (Å²) in [6.45, 7) is 8.08. The predicted molar refractivity (Wildman–Crippen MR) is 180 cm³/mol. The summed E-state index contributed by atoms with van der Waals surface area (Å²) >= 11 is 2.63. The number of nitrogens with zero attached hydrogens (tertiary/aromatic N) is 2. The van der Waals surface area contributed by atoms with Crippen LogP contribution in [-0.4, -0.2) is 33.1 Å². The van der Waals surface area contributed by atoms with Crippen molar-refractivity contribution in [3.05, 3.63) is 114 Å². The summed E-state index contributed by atoms with van der Waals surface area (Å²) < 4.78 is 57.1. The molecule has 0 atom stereocenters. The van der Waals surface area contributed by atoms with E-state index in [2.05, 4.69) is 12.1 Å². The van der Waals surface area contributed by atoms with Gasteiger partial charge in [0.2, 0.25) is 23.1 Å². The van der Waals surface area contributed by atoms with E-state index in [-0.39, 0.29) is 22.3 Å². The molecule has 4 aliphatic carbocycles. The SMILES string of the molecule is CC1(C)c2cc3c(cc2-c2sc(/C=C4\C(=O)C(=O)c5c(F)cc(F)cc54)nc21)C(C)(C)c1nc(/C=C2\C(=O)C(=O)c4c(F)cc(F)cc42)sc1-3. The van der Waals surface area contributed by atoms with Crippen LogP contribution in [0.25, 0.3) is 44.2 Å². The molecule has 0 fully saturated rings. The molecule has 6 nitrogen and oxygen atoms in total. The summed E-state index contributed by atoms with van der Waals surface area (Å²) in [6.07, 6.45) is 2.84. The number of hydrogen-bond acceptors (Lipinski definition) is 8. The average molecular weight is 709 g/mol. The highest BCUT2D eigenvalue weighted by Gasteiger charge is 2.46. The summed E-state index contributed by atoms with van der Waals surface area (Å²) in [7, 11) is 0. The van der Waals surface area contributed by atoms with Crippen LogP contribution in [0, 0.1) is 23.3 Å². The lowest BCUT2D eigenvalue weighted by atomic mass is 9.81. The molecular weight excluding hydrogens is 689 g/mol. The Balaban J connectivity index is 1.13. The van der Waals surface area contributed by atoms with Gasteiger partial charge in [-0.25, -0.2) is 27.5 Å². The van der Waals surface area contributed by atoms with Gasteiger partial charge in [0.1, 0.15) is 33.3 Å². The van der Waals surface area contributed by atoms with Crippen molar-refractivity contribution in [1.29, 1.82) is 0 Å². The highest BCUT2D eigenvalue weighted by Crippen LogP contribution is 2.58. The normalized spacial score (nSPS) is 19.0. The smallest absolute Gasteiger partial charge is 0.237 e. The van der Waals surface area contributed by atoms with Gasteiger partial charge in [0, 0.05) is 45.2 Å². The molecule has 0 unspecified atom stereocenters. The van der Waals surface area contributed by atoms with Gasteiger partial charge in [0.15, 0.2) is 0 Å². The first-order valence-electron chi connectivity index (χ1n) is 15.4. The molecule has 0 N–H and O–H groups in total. The number of thiazole rings is 2. The molecule has 0 radical (unpaired) electrons. The Kier molecular flexibility index (Phi) is 6.00. The van der Waals surface area contributed by atoms with Crippen molar-refractivity contribution in [2.45, 2.75) is 38.5 Å². The first-order chi connectivity index (χ1) is 23.6. The molecule has 9 rings (SSSR count). The number of rotatable bonds is 2. The summed E-state index contributed by atoms with van der Waals surface area (Å²) in [5.41, 5.74) is 2.96. The van der Waals surface area contributed by atoms with Crippen molar-refractivity contribution in [2.24, 2.45) is 0 Å². The second-order valence-corrected chi connectivity index (χ2v) is 15.8. The Bertz CT molecular complexity index is 2440. The predicted octanol–water partition coefficient (Wildman–Crippen LogP) is 8.38. The van der Waals surface area contributed by atoms with Crippen molar-refractivity contribution in [2.75, 3.05) is 0 Å². The summed E-state index contributed by atoms with van der Waals surface area (Å²) in [6, 6.07) is 7.34. The van der Waals surface area contributed by atoms with Crippen molar-refractivity contribution >= 4 is 69.1 Å². The minimum atomic E-state index is -1.08. The van der Waals surface area contributed by atoms with E-state index in [0.29, 0.717) is 22.1 Å². The van der Waals surface area contributed by atoms with Crippen molar-refractivity contribution in [3.63, 3.8) is 0 Å². The molecule has 246 valence electrons. The molecule has 0 spiro atoms. The Morgan fingerprint density at radius 3 is 1.30 bits per heavy atom. The number of Topliss-reactive ketones (excluding diaryl/α,β-unsaturated/α-hetero) is 4. The van der Waals surface area contributed by atoms with Crippen LogP contribution < -0.4 is 0 Å². The van der Waals surface area contributed by atoms with E-state index in [1.54, 1.807) is 0 Å². The Morgan fingerprint density at radius 2 is 0.920 bits per heavy atom. The van der Waals surface area contributed by atoms with Gasteiger partial charge in [-0.3, -0.25) is 19.2 Å². The summed E-state index contributed by atoms with van der Waals surface area (Å²) in [5, 5.41) is 0.837. The zero-order valence-corrected chi connectivity index (χ0v) is 28.1. The van der Waals surface area contributed by atoms with E-state index < -0.39 is 68.4 Å². The van der Waals surface area contributed by atoms with E-state index in [0.717, 1.165) is 55.5 Å². The van der Waals surface area contributed by atoms with E-state index >= 15 is 0 Å². The summed E-state index contributed by atoms with van der Waals surface area (Å²) in [5.74, 6) is -7.83. The molecule has 5 aromatic rings. The first-order valence-corrected chi connectivity index (χ1v) is 17.0. The molecule has 2 heterocycles. The number of benzene rings is 3. The number of allylic oxidation sites excluding steroid dienone is 2. The summed E-state index contributed by atoms with van der Waals surface area (Å²) in [4.78, 5) is 62.2. The molecule has 0 bridgehead atoms. The van der Waals surface area contributed by atoms with Crippen LogP contribution in [0.2, 0.25) is 0 Å². The molecular formula is C38H20F4N2O4S2. The van der Waals surface area contributed by atoms with Crippen LogP contribution in [-0.2, 0) is 20.4 Å². The number of carbonyl (C=O) groups is 4. The second-order valence-electron chi connectivity index (χ2n) is 13.7. The molecule has 50 heavy (non-hydrogen) atoms. The van der Waals surface area contributed by atoms with Gasteiger partial charge in [-0.1, -0.05) is 27.7 Å². The van der Waals surface area contributed by atoms with Gasteiger partial charge in [-0.2, -0.15) is 0 Å². The average Bonchev–Trinajstić information content (AvgIpc) is 3.84. The monoisotopic (exact) mass is 708 g/mol. The van der Waals surface area contributed by atoms with Gasteiger partial charge >= 0.3 is 0 Å². The van der Waals surface area contributed by atoms with Gasteiger partial charge in [0.05, 0.1) is 32.3 Å². The minimum Gasteiger partial charge on any atom is -0.285 e. The fourth-order valence-corrected chi connectivity index (χ4v) is 9.96. The number of hydrogen-bond donors (Lipinski definition) is 0. The lowest BCUT2D eigenvalue weighted by molar-refractivity contribution is -0.110. The number of ketones is 4. The van der Waals surface area contributed by atoms with Gasteiger partial charge in [-0.05, 0) is 58.7 Å². The Hall–Kier alpha value is -5.20. The third kappa shape index (κ3) is 3.88. The maximum Gasteiger partial charge on any atom is 0.237 e. The first kappa shape index (κ1) is 30.8. The van der Waals surface area contributed by atoms with Crippen LogP contribution in [0.3, 0.4) is 0 Å². The zero-order valence-electron chi connectivity index (χ0n) is 26.5. The van der Waals surface area contributed by atoms with Crippen LogP contribution in [0.15, 0.2) is 36.4 Å². The molecule has 0 saturated carbocycles. The fourth-order valence-electron chi connectivity index (χ4n) is 7.56. The highest BCUT2D eigenvalue weighted by atomic mass is 32.1. The van der Waals surface area contributed by atoms with E-state index in [1.165, 1.54) is 34.8 Å². The lowest BCUT2D eigenvalue weighted by Crippen LogP contribution is -2.18. The topological polar surface area (TPSA) is 94.1 Å². The Labute approximate surface area is 288 Å². The number of aromatic nitrogens is 2. The van der Waals surface area contributed by atoms with Crippen LogP contribution in [0.4, 0.5) is 17.6 Å². The van der Waals surface area contributed by atoms with Crippen LogP contribution in [0.1, 0.15) is 92.1 Å². The van der Waals surface area contributed by atoms with Crippen LogP contribution in [0.5, 0.6) is 0 Å². The molecule has 0 amide bonds. The molecule has 3 aromatic carbocycles. The minimum absolute atomic E-state index is 0.0896. The van der Waals surface area contributed by atoms with Crippen molar-refractivity contribution < 1.29 is 36.7 Å². The lowest BCUT2D eigenvalue weighted by Gasteiger charge is -2.23. The van der Waals surface area contributed by atoms with Gasteiger partial charge in [0.25, 0.3) is 0 Å². The zero-order chi connectivity index (χ0) is 35.3. The van der Waals surface area contributed by atoms with E-state index in [4.69, 9.17) is 9.97 Å². The molecule has 0 aliphatic heterocycles. The standard InChI is InChI=1S/C38H20F4N2O4S2/c1-37(2)21-9-20-22(10-19(21)33-35(37)43-25(49-33)11-17-15-5-13(39)7-23(41)27(15)31(47)29(17)45)38(3,4)36-34(20)50-26(44-36)12-18-16-6-14(40)8-24(42)28(16)32(48)30(18)46/h5-12H,1-4H3/b17-11-,18-12-. The van der Waals surface area contributed by atoms with Gasteiger partial charge in [-0.15, -0.1) is 22.7 Å². The van der Waals surface area contributed by atoms with Gasteiger partial charge < -0.3 is 0 Å². The molecule has 0 saturated heterocycles. The highest BCUT2D eigenvalue weighted by molar-refractivity contribution is 7.17. The quantitative estimate of drug-likeness (QED) is 0.104. The second kappa shape index (κ2) is 9.73. The van der Waals surface area contributed by atoms with Crippen molar-refractivity contribution in [1.82, 2.24) is 9.97 Å². The van der Waals surface area contributed by atoms with Crippen molar-refractivity contribution in [3.8, 4) is 20.9 Å². The number of halogens is 4. The largest absolute Gasteiger partial charge is 0.285 e. The number of carbonyl (C=O) groups excluding carboxylic acids is 4. The Morgan fingerprint density at radius 1 is 0.540 bits per heavy atom. The molecule has 12 heteroatoms. The fraction of sp³-hybridized carbons (Fsp3) is 0.158. The number of fused-ring (bicyclic) bond motifs is 8. The molecule has 2 aromatic heterocycles. The molecule has 4 aliphatic rings. The maximum absolute atomic E-state index is 14.4. The third-order valence-corrected chi connectivity index (χ3v) is 12.1. The van der Waals surface area contributed by atoms with E-state index in [9.17, 15) is 36.7 Å². The maximum atomic E-state index is 14.4.